The van der Waals surface area contributed by atoms with Gasteiger partial charge in [-0.1, -0.05) is 6.07 Å². The van der Waals surface area contributed by atoms with Crippen molar-refractivity contribution in [3.63, 3.8) is 0 Å². The monoisotopic (exact) mass is 353 g/mol. The van der Waals surface area contributed by atoms with Crippen LogP contribution >= 0.6 is 0 Å². The summed E-state index contributed by atoms with van der Waals surface area (Å²) in [5.41, 5.74) is -1.42. The molecule has 1 heterocycles. The zero-order valence-corrected chi connectivity index (χ0v) is 12.8. The van der Waals surface area contributed by atoms with Crippen molar-refractivity contribution in [3.05, 3.63) is 58.7 Å². The fraction of sp³-hybridized carbons (Fsp3) is 0.118. The maximum atomic E-state index is 13.7. The topological polar surface area (TPSA) is 47.6 Å². The minimum Gasteiger partial charge on any atom is -0.454 e. The van der Waals surface area contributed by atoms with Crippen molar-refractivity contribution in [3.8, 4) is 11.5 Å². The number of ether oxygens (including phenoxy) is 2. The standard InChI is InChI=1S/C17H11F4NO3/c1-8-13(18)15(20)17(16(21)14(8)19)22-12(23)5-3-9-2-4-10-11(6-9)25-7-24-10/h2-6H,7H2,1H3,(H,22,23)/b5-3+. The number of carbonyl (C=O) groups excluding carboxylic acids is 1. The molecular formula is C17H11F4NO3. The molecule has 1 aliphatic rings. The first kappa shape index (κ1) is 16.8. The van der Waals surface area contributed by atoms with Gasteiger partial charge in [0.2, 0.25) is 12.7 Å². The Bertz CT molecular complexity index is 867. The van der Waals surface area contributed by atoms with Crippen LogP contribution in [0.5, 0.6) is 11.5 Å². The Morgan fingerprint density at radius 1 is 1.04 bits per heavy atom. The van der Waals surface area contributed by atoms with E-state index in [2.05, 4.69) is 0 Å². The van der Waals surface area contributed by atoms with E-state index in [1.807, 2.05) is 0 Å². The van der Waals surface area contributed by atoms with Crippen LogP contribution in [0.15, 0.2) is 24.3 Å². The molecule has 130 valence electrons. The number of rotatable bonds is 3. The lowest BCUT2D eigenvalue weighted by atomic mass is 10.1. The van der Waals surface area contributed by atoms with Crippen LogP contribution in [0.25, 0.3) is 6.08 Å². The van der Waals surface area contributed by atoms with Gasteiger partial charge in [-0.3, -0.25) is 4.79 Å². The number of carbonyl (C=O) groups is 1. The van der Waals surface area contributed by atoms with Crippen molar-refractivity contribution in [1.82, 2.24) is 0 Å². The lowest BCUT2D eigenvalue weighted by Gasteiger charge is -2.09. The van der Waals surface area contributed by atoms with E-state index in [4.69, 9.17) is 9.47 Å². The van der Waals surface area contributed by atoms with Crippen LogP contribution in [0, 0.1) is 30.2 Å². The predicted molar refractivity (Wildman–Crippen MR) is 81.2 cm³/mol. The highest BCUT2D eigenvalue weighted by Crippen LogP contribution is 2.33. The molecule has 0 saturated carbocycles. The van der Waals surface area contributed by atoms with Crippen LogP contribution in [0.2, 0.25) is 0 Å². The van der Waals surface area contributed by atoms with Crippen LogP contribution in [-0.4, -0.2) is 12.7 Å². The number of amides is 1. The Kier molecular flexibility index (Phi) is 4.35. The number of hydrogen-bond acceptors (Lipinski definition) is 3. The molecular weight excluding hydrogens is 342 g/mol. The van der Waals surface area contributed by atoms with Gasteiger partial charge in [-0.05, 0) is 30.7 Å². The van der Waals surface area contributed by atoms with Crippen LogP contribution in [0.1, 0.15) is 11.1 Å². The highest BCUT2D eigenvalue weighted by Gasteiger charge is 2.23. The molecule has 0 unspecified atom stereocenters. The second kappa shape index (κ2) is 6.46. The number of hydrogen-bond donors (Lipinski definition) is 1. The van der Waals surface area contributed by atoms with Gasteiger partial charge in [0.15, 0.2) is 34.8 Å². The molecule has 0 fully saturated rings. The third kappa shape index (κ3) is 3.15. The van der Waals surface area contributed by atoms with E-state index < -0.39 is 40.4 Å². The van der Waals surface area contributed by atoms with Crippen molar-refractivity contribution in [2.24, 2.45) is 0 Å². The molecule has 1 N–H and O–H groups in total. The number of anilines is 1. The Morgan fingerprint density at radius 3 is 2.36 bits per heavy atom. The Balaban J connectivity index is 1.79. The van der Waals surface area contributed by atoms with Gasteiger partial charge in [-0.25, -0.2) is 17.6 Å². The molecule has 2 aromatic rings. The van der Waals surface area contributed by atoms with E-state index >= 15 is 0 Å². The molecule has 1 aliphatic heterocycles. The summed E-state index contributed by atoms with van der Waals surface area (Å²) in [7, 11) is 0. The van der Waals surface area contributed by atoms with Gasteiger partial charge in [0.25, 0.3) is 0 Å². The fourth-order valence-electron chi connectivity index (χ4n) is 2.20. The van der Waals surface area contributed by atoms with Gasteiger partial charge in [-0.2, -0.15) is 0 Å². The summed E-state index contributed by atoms with van der Waals surface area (Å²) >= 11 is 0. The van der Waals surface area contributed by atoms with Gasteiger partial charge in [0.1, 0.15) is 5.69 Å². The summed E-state index contributed by atoms with van der Waals surface area (Å²) in [6, 6.07) is 4.85. The van der Waals surface area contributed by atoms with E-state index in [1.54, 1.807) is 23.5 Å². The highest BCUT2D eigenvalue weighted by atomic mass is 19.2. The second-order valence-corrected chi connectivity index (χ2v) is 5.19. The maximum absolute atomic E-state index is 13.7. The molecule has 0 radical (unpaired) electrons. The first-order chi connectivity index (χ1) is 11.9. The summed E-state index contributed by atoms with van der Waals surface area (Å²) in [5.74, 6) is -6.37. The van der Waals surface area contributed by atoms with Crippen molar-refractivity contribution in [2.75, 3.05) is 12.1 Å². The molecule has 25 heavy (non-hydrogen) atoms. The smallest absolute Gasteiger partial charge is 0.248 e. The molecule has 0 atom stereocenters. The fourth-order valence-corrected chi connectivity index (χ4v) is 2.20. The predicted octanol–water partition coefficient (Wildman–Crippen LogP) is 3.93. The molecule has 1 amide bonds. The Hall–Kier alpha value is -3.03. The summed E-state index contributed by atoms with van der Waals surface area (Å²) in [6.07, 6.45) is 2.31. The molecule has 8 heteroatoms. The lowest BCUT2D eigenvalue weighted by Crippen LogP contribution is -2.14. The summed E-state index contributed by atoms with van der Waals surface area (Å²) < 4.78 is 64.7. The molecule has 3 rings (SSSR count). The third-order valence-electron chi connectivity index (χ3n) is 3.55. The van der Waals surface area contributed by atoms with Crippen molar-refractivity contribution in [2.45, 2.75) is 6.92 Å². The van der Waals surface area contributed by atoms with E-state index in [0.717, 1.165) is 13.0 Å². The SMILES string of the molecule is Cc1c(F)c(F)c(NC(=O)/C=C/c2ccc3c(c2)OCO3)c(F)c1F. The molecule has 0 aromatic heterocycles. The van der Waals surface area contributed by atoms with Gasteiger partial charge in [-0.15, -0.1) is 0 Å². The summed E-state index contributed by atoms with van der Waals surface area (Å²) in [5, 5.41) is 1.80. The number of benzene rings is 2. The first-order valence-corrected chi connectivity index (χ1v) is 7.09. The quantitative estimate of drug-likeness (QED) is 0.517. The third-order valence-corrected chi connectivity index (χ3v) is 3.55. The first-order valence-electron chi connectivity index (χ1n) is 7.09. The number of halogens is 4. The number of fused-ring (bicyclic) bond motifs is 1. The molecule has 0 bridgehead atoms. The van der Waals surface area contributed by atoms with Gasteiger partial charge >= 0.3 is 0 Å². The highest BCUT2D eigenvalue weighted by molar-refractivity contribution is 6.02. The molecule has 0 aliphatic carbocycles. The van der Waals surface area contributed by atoms with Crippen molar-refractivity contribution in [1.29, 1.82) is 0 Å². The molecule has 2 aromatic carbocycles. The summed E-state index contributed by atoms with van der Waals surface area (Å²) in [4.78, 5) is 11.8. The van der Waals surface area contributed by atoms with Crippen LogP contribution in [0.3, 0.4) is 0 Å². The van der Waals surface area contributed by atoms with Gasteiger partial charge in [0.05, 0.1) is 0 Å². The van der Waals surface area contributed by atoms with Gasteiger partial charge < -0.3 is 14.8 Å². The second-order valence-electron chi connectivity index (χ2n) is 5.19. The van der Waals surface area contributed by atoms with E-state index in [-0.39, 0.29) is 6.79 Å². The van der Waals surface area contributed by atoms with Gasteiger partial charge in [0, 0.05) is 11.6 Å². The Morgan fingerprint density at radius 2 is 1.68 bits per heavy atom. The lowest BCUT2D eigenvalue weighted by molar-refractivity contribution is -0.111. The zero-order valence-electron chi connectivity index (χ0n) is 12.8. The zero-order chi connectivity index (χ0) is 18.1. The summed E-state index contributed by atoms with van der Waals surface area (Å²) in [6.45, 7) is 0.980. The van der Waals surface area contributed by atoms with Crippen molar-refractivity contribution < 1.29 is 31.8 Å². The van der Waals surface area contributed by atoms with E-state index in [9.17, 15) is 22.4 Å². The van der Waals surface area contributed by atoms with Crippen LogP contribution in [-0.2, 0) is 4.79 Å². The minimum atomic E-state index is -1.67. The number of nitrogens with one attached hydrogen (secondary N) is 1. The normalized spacial score (nSPS) is 12.7. The average molecular weight is 353 g/mol. The average Bonchev–Trinajstić information content (AvgIpc) is 3.08. The molecule has 4 nitrogen and oxygen atoms in total. The Labute approximate surface area is 139 Å². The molecule has 0 saturated heterocycles. The van der Waals surface area contributed by atoms with E-state index in [1.165, 1.54) is 6.08 Å². The van der Waals surface area contributed by atoms with E-state index in [0.29, 0.717) is 17.1 Å². The van der Waals surface area contributed by atoms with Crippen molar-refractivity contribution >= 4 is 17.7 Å². The van der Waals surface area contributed by atoms with Crippen LogP contribution in [0.4, 0.5) is 23.2 Å². The van der Waals surface area contributed by atoms with Crippen LogP contribution < -0.4 is 14.8 Å². The molecule has 0 spiro atoms. The maximum Gasteiger partial charge on any atom is 0.248 e. The minimum absolute atomic E-state index is 0.0894. The largest absolute Gasteiger partial charge is 0.454 e.